The summed E-state index contributed by atoms with van der Waals surface area (Å²) < 4.78 is 4.64. The normalized spacial score (nSPS) is 14.7. The number of hydrogen-bond donors (Lipinski definition) is 1. The van der Waals surface area contributed by atoms with Gasteiger partial charge in [-0.25, -0.2) is 0 Å². The Morgan fingerprint density at radius 3 is 2.61 bits per heavy atom. The van der Waals surface area contributed by atoms with Crippen LogP contribution in [0.4, 0.5) is 5.69 Å². The maximum atomic E-state index is 11.7. The fourth-order valence-electron chi connectivity index (χ4n) is 1.89. The highest BCUT2D eigenvalue weighted by Crippen LogP contribution is 2.27. The summed E-state index contributed by atoms with van der Waals surface area (Å²) in [6, 6.07) is 7.63. The molecule has 1 aromatic rings. The van der Waals surface area contributed by atoms with Crippen molar-refractivity contribution >= 4 is 18.1 Å². The van der Waals surface area contributed by atoms with Crippen LogP contribution in [0.25, 0.3) is 0 Å². The average Bonchev–Trinajstić information content (AvgIpc) is 2.29. The van der Waals surface area contributed by atoms with E-state index in [9.17, 15) is 9.59 Å². The Morgan fingerprint density at radius 2 is 2.06 bits per heavy atom. The molecule has 0 saturated heterocycles. The molecule has 4 nitrogen and oxygen atoms in total. The van der Waals surface area contributed by atoms with Crippen LogP contribution in [0.3, 0.4) is 0 Å². The van der Waals surface area contributed by atoms with Crippen LogP contribution >= 0.6 is 0 Å². The van der Waals surface area contributed by atoms with Gasteiger partial charge in [-0.2, -0.15) is 0 Å². The van der Waals surface area contributed by atoms with Gasteiger partial charge in [-0.1, -0.05) is 18.6 Å². The monoisotopic (exact) mass is 247 g/mol. The smallest absolute Gasteiger partial charge is 0.293 e. The van der Waals surface area contributed by atoms with E-state index in [0.717, 1.165) is 30.5 Å². The van der Waals surface area contributed by atoms with Crippen LogP contribution in [-0.4, -0.2) is 19.0 Å². The third-order valence-electron chi connectivity index (χ3n) is 3.27. The summed E-state index contributed by atoms with van der Waals surface area (Å²) in [4.78, 5) is 21.7. The van der Waals surface area contributed by atoms with Crippen LogP contribution < -0.4 is 5.32 Å². The molecule has 0 atom stereocenters. The number of benzene rings is 1. The zero-order chi connectivity index (χ0) is 12.8. The summed E-state index contributed by atoms with van der Waals surface area (Å²) in [7, 11) is 0. The van der Waals surface area contributed by atoms with E-state index in [1.807, 2.05) is 24.3 Å². The average molecular weight is 247 g/mol. The number of anilines is 1. The molecule has 1 saturated carbocycles. The predicted octanol–water partition coefficient (Wildman–Crippen LogP) is 2.14. The fourth-order valence-corrected chi connectivity index (χ4v) is 1.89. The molecule has 1 aliphatic rings. The lowest BCUT2D eigenvalue weighted by atomic mass is 9.85. The Labute approximate surface area is 106 Å². The van der Waals surface area contributed by atoms with Gasteiger partial charge >= 0.3 is 0 Å². The van der Waals surface area contributed by atoms with Crippen molar-refractivity contribution < 1.29 is 14.3 Å². The van der Waals surface area contributed by atoms with Gasteiger partial charge in [0, 0.05) is 18.0 Å². The van der Waals surface area contributed by atoms with E-state index in [4.69, 9.17) is 0 Å². The van der Waals surface area contributed by atoms with Crippen molar-refractivity contribution in [3.05, 3.63) is 29.8 Å². The Morgan fingerprint density at radius 1 is 1.33 bits per heavy atom. The van der Waals surface area contributed by atoms with Crippen molar-refractivity contribution in [1.82, 2.24) is 0 Å². The van der Waals surface area contributed by atoms with Crippen molar-refractivity contribution in [2.75, 3.05) is 11.9 Å². The van der Waals surface area contributed by atoms with Gasteiger partial charge in [0.25, 0.3) is 6.47 Å². The Bertz CT molecular complexity index is 410. The molecule has 18 heavy (non-hydrogen) atoms. The van der Waals surface area contributed by atoms with E-state index >= 15 is 0 Å². The number of carbonyl (C=O) groups is 2. The zero-order valence-corrected chi connectivity index (χ0v) is 10.2. The molecule has 0 heterocycles. The predicted molar refractivity (Wildman–Crippen MR) is 68.1 cm³/mol. The Kier molecular flexibility index (Phi) is 4.34. The summed E-state index contributed by atoms with van der Waals surface area (Å²) in [5, 5.41) is 2.91. The van der Waals surface area contributed by atoms with E-state index in [1.165, 1.54) is 0 Å². The van der Waals surface area contributed by atoms with Crippen molar-refractivity contribution in [2.45, 2.75) is 25.7 Å². The first kappa shape index (κ1) is 12.6. The quantitative estimate of drug-likeness (QED) is 0.619. The van der Waals surface area contributed by atoms with E-state index < -0.39 is 0 Å². The van der Waals surface area contributed by atoms with Gasteiger partial charge in [-0.05, 0) is 30.5 Å². The van der Waals surface area contributed by atoms with Gasteiger partial charge in [0.1, 0.15) is 0 Å². The molecule has 1 fully saturated rings. The highest BCUT2D eigenvalue weighted by atomic mass is 16.5. The summed E-state index contributed by atoms with van der Waals surface area (Å²) in [6.07, 6.45) is 3.86. The lowest BCUT2D eigenvalue weighted by Gasteiger charge is -2.24. The third kappa shape index (κ3) is 3.32. The van der Waals surface area contributed by atoms with Gasteiger partial charge in [-0.15, -0.1) is 0 Å². The first-order chi connectivity index (χ1) is 8.79. The lowest BCUT2D eigenvalue weighted by Crippen LogP contribution is -2.27. The van der Waals surface area contributed by atoms with Gasteiger partial charge in [0.15, 0.2) is 0 Å². The van der Waals surface area contributed by atoms with E-state index in [0.29, 0.717) is 19.5 Å². The zero-order valence-electron chi connectivity index (χ0n) is 10.2. The van der Waals surface area contributed by atoms with Gasteiger partial charge in [0.05, 0.1) is 6.61 Å². The minimum atomic E-state index is 0.123. The summed E-state index contributed by atoms with van der Waals surface area (Å²) in [5.41, 5.74) is 1.91. The molecule has 2 rings (SSSR count). The number of carbonyl (C=O) groups excluding carboxylic acids is 2. The topological polar surface area (TPSA) is 55.4 Å². The standard InChI is InChI=1S/C14H17NO3/c16-10-18-9-8-11-4-6-13(7-5-11)15-14(17)12-2-1-3-12/h4-7,10,12H,1-3,8-9H2,(H,15,17). The number of hydrogen-bond acceptors (Lipinski definition) is 3. The van der Waals surface area contributed by atoms with Crippen molar-refractivity contribution in [3.8, 4) is 0 Å². The molecular weight excluding hydrogens is 230 g/mol. The SMILES string of the molecule is O=COCCc1ccc(NC(=O)C2CCC2)cc1. The Hall–Kier alpha value is -1.84. The molecule has 4 heteroatoms. The molecule has 1 amide bonds. The minimum Gasteiger partial charge on any atom is -0.468 e. The number of amides is 1. The largest absolute Gasteiger partial charge is 0.468 e. The lowest BCUT2D eigenvalue weighted by molar-refractivity contribution is -0.128. The molecule has 0 bridgehead atoms. The number of ether oxygens (including phenoxy) is 1. The third-order valence-corrected chi connectivity index (χ3v) is 3.27. The summed E-state index contributed by atoms with van der Waals surface area (Å²) >= 11 is 0. The van der Waals surface area contributed by atoms with Crippen LogP contribution in [0, 0.1) is 5.92 Å². The molecule has 0 radical (unpaired) electrons. The first-order valence-corrected chi connectivity index (χ1v) is 6.24. The van der Waals surface area contributed by atoms with E-state index in [-0.39, 0.29) is 11.8 Å². The van der Waals surface area contributed by atoms with Gasteiger partial charge in [0.2, 0.25) is 5.91 Å². The van der Waals surface area contributed by atoms with Gasteiger partial charge < -0.3 is 10.1 Å². The van der Waals surface area contributed by atoms with Crippen LogP contribution in [0.1, 0.15) is 24.8 Å². The van der Waals surface area contributed by atoms with Crippen LogP contribution in [-0.2, 0) is 20.7 Å². The van der Waals surface area contributed by atoms with E-state index in [1.54, 1.807) is 0 Å². The molecule has 1 aliphatic carbocycles. The number of nitrogens with one attached hydrogen (secondary N) is 1. The van der Waals surface area contributed by atoms with E-state index in [2.05, 4.69) is 10.1 Å². The second-order valence-electron chi connectivity index (χ2n) is 4.53. The summed E-state index contributed by atoms with van der Waals surface area (Å²) in [5.74, 6) is 0.323. The molecule has 0 aromatic heterocycles. The molecule has 0 aliphatic heterocycles. The second kappa shape index (κ2) is 6.19. The second-order valence-corrected chi connectivity index (χ2v) is 4.53. The molecule has 0 spiro atoms. The first-order valence-electron chi connectivity index (χ1n) is 6.24. The molecule has 1 aromatic carbocycles. The summed E-state index contributed by atoms with van der Waals surface area (Å²) in [6.45, 7) is 0.838. The van der Waals surface area contributed by atoms with Crippen molar-refractivity contribution in [2.24, 2.45) is 5.92 Å². The van der Waals surface area contributed by atoms with Gasteiger partial charge in [-0.3, -0.25) is 9.59 Å². The maximum Gasteiger partial charge on any atom is 0.293 e. The maximum absolute atomic E-state index is 11.7. The molecule has 96 valence electrons. The molecular formula is C14H17NO3. The molecule has 0 unspecified atom stereocenters. The minimum absolute atomic E-state index is 0.123. The fraction of sp³-hybridized carbons (Fsp3) is 0.429. The highest BCUT2D eigenvalue weighted by molar-refractivity contribution is 5.92. The van der Waals surface area contributed by atoms with Crippen molar-refractivity contribution in [1.29, 1.82) is 0 Å². The van der Waals surface area contributed by atoms with Crippen LogP contribution in [0.15, 0.2) is 24.3 Å². The van der Waals surface area contributed by atoms with Crippen molar-refractivity contribution in [3.63, 3.8) is 0 Å². The van der Waals surface area contributed by atoms with Crippen LogP contribution in [0.2, 0.25) is 0 Å². The Balaban J connectivity index is 1.82. The number of rotatable bonds is 6. The highest BCUT2D eigenvalue weighted by Gasteiger charge is 2.24. The van der Waals surface area contributed by atoms with Crippen LogP contribution in [0.5, 0.6) is 0 Å². The molecule has 1 N–H and O–H groups in total.